The van der Waals surface area contributed by atoms with E-state index in [4.69, 9.17) is 4.18 Å². The Balaban J connectivity index is 1.82. The Bertz CT molecular complexity index is 599. The van der Waals surface area contributed by atoms with Crippen LogP contribution in [0.1, 0.15) is 46.0 Å². The van der Waals surface area contributed by atoms with Gasteiger partial charge in [-0.25, -0.2) is 0 Å². The molecule has 5 heteroatoms. The smallest absolute Gasteiger partial charge is 0.297 e. The molecule has 0 spiro atoms. The van der Waals surface area contributed by atoms with Crippen molar-refractivity contribution in [3.63, 3.8) is 0 Å². The van der Waals surface area contributed by atoms with Gasteiger partial charge in [-0.15, -0.1) is 0 Å². The maximum atomic E-state index is 12.2. The molecule has 0 saturated heterocycles. The topological polar surface area (TPSA) is 60.4 Å². The number of benzene rings is 1. The van der Waals surface area contributed by atoms with Gasteiger partial charge in [0.1, 0.15) is 6.61 Å². The maximum absolute atomic E-state index is 12.2. The highest BCUT2D eigenvalue weighted by Crippen LogP contribution is 2.33. The second-order valence-corrected chi connectivity index (χ2v) is 8.46. The first kappa shape index (κ1) is 18.1. The summed E-state index contributed by atoms with van der Waals surface area (Å²) in [6.45, 7) is 4.09. The van der Waals surface area contributed by atoms with E-state index in [1.165, 1.54) is 18.6 Å². The zero-order valence-corrected chi connectivity index (χ0v) is 14.7. The predicted octanol–water partition coefficient (Wildman–Crippen LogP) is 3.81. The van der Waals surface area contributed by atoms with Crippen LogP contribution < -0.4 is 0 Å². The molecule has 2 rings (SSSR count). The first-order valence-electron chi connectivity index (χ1n) is 8.35. The Morgan fingerprint density at radius 3 is 2.30 bits per heavy atom. The molecule has 1 aromatic carbocycles. The number of rotatable bonds is 7. The second-order valence-electron chi connectivity index (χ2n) is 6.84. The van der Waals surface area contributed by atoms with E-state index in [9.17, 15) is 13.2 Å². The van der Waals surface area contributed by atoms with Crippen LogP contribution in [0, 0.1) is 17.8 Å². The first-order valence-corrected chi connectivity index (χ1v) is 9.76. The van der Waals surface area contributed by atoms with Crippen molar-refractivity contribution < 1.29 is 17.4 Å². The minimum atomic E-state index is -3.84. The number of carbonyl (C=O) groups is 1. The molecule has 4 nitrogen and oxygen atoms in total. The summed E-state index contributed by atoms with van der Waals surface area (Å²) in [5.74, 6) is 1.25. The molecule has 0 amide bonds. The molecular formula is C18H26O4S. The largest absolute Gasteiger partial charge is 0.297 e. The van der Waals surface area contributed by atoms with Gasteiger partial charge in [-0.3, -0.25) is 8.98 Å². The van der Waals surface area contributed by atoms with Gasteiger partial charge in [0.25, 0.3) is 10.1 Å². The van der Waals surface area contributed by atoms with Gasteiger partial charge in [0.2, 0.25) is 0 Å². The summed E-state index contributed by atoms with van der Waals surface area (Å²) < 4.78 is 29.0. The third kappa shape index (κ3) is 5.43. The van der Waals surface area contributed by atoms with E-state index in [0.717, 1.165) is 25.7 Å². The van der Waals surface area contributed by atoms with Crippen molar-refractivity contribution in [2.75, 3.05) is 6.61 Å². The Labute approximate surface area is 139 Å². The standard InChI is InChI=1S/C18H26O4S/c1-14(2)12-15-8-10-16(11-9-15)18(19)13-22-23(20,21)17-6-4-3-5-7-17/h3-7,14-16H,8-13H2,1-2H3/t15-,16-. The molecule has 0 atom stereocenters. The molecule has 1 aliphatic carbocycles. The predicted molar refractivity (Wildman–Crippen MR) is 89.5 cm³/mol. The van der Waals surface area contributed by atoms with E-state index in [1.54, 1.807) is 18.2 Å². The number of carbonyl (C=O) groups excluding carboxylic acids is 1. The fraction of sp³-hybridized carbons (Fsp3) is 0.611. The lowest BCUT2D eigenvalue weighted by molar-refractivity contribution is -0.126. The summed E-state index contributed by atoms with van der Waals surface area (Å²) >= 11 is 0. The van der Waals surface area contributed by atoms with Crippen LogP contribution in [0.25, 0.3) is 0 Å². The van der Waals surface area contributed by atoms with Crippen LogP contribution in [0.4, 0.5) is 0 Å². The van der Waals surface area contributed by atoms with Crippen molar-refractivity contribution in [3.8, 4) is 0 Å². The zero-order valence-electron chi connectivity index (χ0n) is 13.9. The van der Waals surface area contributed by atoms with Crippen LogP contribution in [0.2, 0.25) is 0 Å². The van der Waals surface area contributed by atoms with Crippen molar-refractivity contribution in [2.45, 2.75) is 50.8 Å². The molecule has 0 radical (unpaired) electrons. The minimum Gasteiger partial charge on any atom is -0.297 e. The lowest BCUT2D eigenvalue weighted by Crippen LogP contribution is -2.26. The number of hydrogen-bond donors (Lipinski definition) is 0. The highest BCUT2D eigenvalue weighted by Gasteiger charge is 2.28. The average molecular weight is 338 g/mol. The Morgan fingerprint density at radius 2 is 1.74 bits per heavy atom. The first-order chi connectivity index (χ1) is 10.9. The van der Waals surface area contributed by atoms with Gasteiger partial charge >= 0.3 is 0 Å². The molecule has 0 aromatic heterocycles. The fourth-order valence-electron chi connectivity index (χ4n) is 3.30. The number of hydrogen-bond acceptors (Lipinski definition) is 4. The Morgan fingerprint density at radius 1 is 1.13 bits per heavy atom. The van der Waals surface area contributed by atoms with Gasteiger partial charge in [0, 0.05) is 5.92 Å². The number of Topliss-reactive ketones (excluding diaryl/α,β-unsaturated/α-hetero) is 1. The zero-order chi connectivity index (χ0) is 16.9. The van der Waals surface area contributed by atoms with E-state index in [1.807, 2.05) is 0 Å². The third-order valence-corrected chi connectivity index (χ3v) is 5.77. The van der Waals surface area contributed by atoms with E-state index < -0.39 is 10.1 Å². The molecule has 0 bridgehead atoms. The molecule has 23 heavy (non-hydrogen) atoms. The monoisotopic (exact) mass is 338 g/mol. The van der Waals surface area contributed by atoms with Crippen molar-refractivity contribution in [3.05, 3.63) is 30.3 Å². The molecule has 0 unspecified atom stereocenters. The minimum absolute atomic E-state index is 0.0515. The average Bonchev–Trinajstić information content (AvgIpc) is 2.54. The summed E-state index contributed by atoms with van der Waals surface area (Å²) in [7, 11) is -3.84. The van der Waals surface area contributed by atoms with Crippen LogP contribution in [0.3, 0.4) is 0 Å². The fourth-order valence-corrected chi connectivity index (χ4v) is 4.19. The van der Waals surface area contributed by atoms with Gasteiger partial charge in [0.05, 0.1) is 4.90 Å². The summed E-state index contributed by atoms with van der Waals surface area (Å²) in [5.41, 5.74) is 0. The summed E-state index contributed by atoms with van der Waals surface area (Å²) in [4.78, 5) is 12.3. The molecule has 128 valence electrons. The molecule has 0 aliphatic heterocycles. The molecular weight excluding hydrogens is 312 g/mol. The van der Waals surface area contributed by atoms with Crippen LogP contribution in [-0.4, -0.2) is 20.8 Å². The Hall–Kier alpha value is -1.20. The highest BCUT2D eigenvalue weighted by molar-refractivity contribution is 7.86. The van der Waals surface area contributed by atoms with Crippen molar-refractivity contribution in [1.29, 1.82) is 0 Å². The van der Waals surface area contributed by atoms with Crippen molar-refractivity contribution in [1.82, 2.24) is 0 Å². The number of ketones is 1. The third-order valence-electron chi connectivity index (χ3n) is 4.50. The second kappa shape index (κ2) is 8.06. The lowest BCUT2D eigenvalue weighted by atomic mass is 9.77. The van der Waals surface area contributed by atoms with Gasteiger partial charge < -0.3 is 0 Å². The summed E-state index contributed by atoms with van der Waals surface area (Å²) in [6, 6.07) is 7.94. The van der Waals surface area contributed by atoms with E-state index in [-0.39, 0.29) is 23.2 Å². The molecule has 1 saturated carbocycles. The molecule has 1 aromatic rings. The van der Waals surface area contributed by atoms with Crippen LogP contribution >= 0.6 is 0 Å². The quantitative estimate of drug-likeness (QED) is 0.709. The van der Waals surface area contributed by atoms with Crippen molar-refractivity contribution >= 4 is 15.9 Å². The van der Waals surface area contributed by atoms with Crippen LogP contribution in [0.5, 0.6) is 0 Å². The van der Waals surface area contributed by atoms with Gasteiger partial charge in [0.15, 0.2) is 5.78 Å². The van der Waals surface area contributed by atoms with E-state index in [2.05, 4.69) is 13.8 Å². The molecule has 0 heterocycles. The van der Waals surface area contributed by atoms with E-state index >= 15 is 0 Å². The molecule has 1 fully saturated rings. The maximum Gasteiger partial charge on any atom is 0.297 e. The summed E-state index contributed by atoms with van der Waals surface area (Å²) in [6.07, 6.45) is 5.02. The normalized spacial score (nSPS) is 22.2. The SMILES string of the molecule is CC(C)C[C@H]1CC[C@H](C(=O)COS(=O)(=O)c2ccccc2)CC1. The lowest BCUT2D eigenvalue weighted by Gasteiger charge is -2.28. The Kier molecular flexibility index (Phi) is 6.36. The van der Waals surface area contributed by atoms with E-state index in [0.29, 0.717) is 11.8 Å². The van der Waals surface area contributed by atoms with Crippen LogP contribution in [0.15, 0.2) is 35.2 Å². The van der Waals surface area contributed by atoms with Crippen LogP contribution in [-0.2, 0) is 19.1 Å². The molecule has 0 N–H and O–H groups in total. The van der Waals surface area contributed by atoms with Crippen molar-refractivity contribution in [2.24, 2.45) is 17.8 Å². The summed E-state index contributed by atoms with van der Waals surface area (Å²) in [5, 5.41) is 0. The van der Waals surface area contributed by atoms with Gasteiger partial charge in [-0.05, 0) is 56.1 Å². The molecule has 1 aliphatic rings. The van der Waals surface area contributed by atoms with Gasteiger partial charge in [-0.1, -0.05) is 32.0 Å². The highest BCUT2D eigenvalue weighted by atomic mass is 32.2. The van der Waals surface area contributed by atoms with Gasteiger partial charge in [-0.2, -0.15) is 8.42 Å².